The highest BCUT2D eigenvalue weighted by atomic mass is 35.5. The summed E-state index contributed by atoms with van der Waals surface area (Å²) in [5.74, 6) is -0.975. The van der Waals surface area contributed by atoms with Gasteiger partial charge in [-0.2, -0.15) is 0 Å². The molecule has 1 atom stereocenters. The largest absolute Gasteiger partial charge is 0.398 e. The number of carbonyl (C=O) groups excluding carboxylic acids is 2. The van der Waals surface area contributed by atoms with Gasteiger partial charge >= 0.3 is 0 Å². The summed E-state index contributed by atoms with van der Waals surface area (Å²) in [7, 11) is 0. The van der Waals surface area contributed by atoms with Crippen LogP contribution in [0.3, 0.4) is 0 Å². The zero-order chi connectivity index (χ0) is 11.4. The summed E-state index contributed by atoms with van der Waals surface area (Å²) in [5, 5.41) is 0. The van der Waals surface area contributed by atoms with E-state index in [1.807, 2.05) is 0 Å². The minimum atomic E-state index is -0.961. The maximum Gasteiger partial charge on any atom is 0.234 e. The topological polar surface area (TPSA) is 112 Å². The number of halogens is 1. The third-order valence-electron chi connectivity index (χ3n) is 2.03. The quantitative estimate of drug-likeness (QED) is 0.513. The molecule has 6 heteroatoms. The van der Waals surface area contributed by atoms with Crippen molar-refractivity contribution in [1.82, 2.24) is 0 Å². The number of nitrogen functional groups attached to an aromatic ring is 1. The Morgan fingerprint density at radius 3 is 2.31 bits per heavy atom. The summed E-state index contributed by atoms with van der Waals surface area (Å²) in [5.41, 5.74) is 16.7. The molecule has 88 valence electrons. The Bertz CT molecular complexity index is 395. The fourth-order valence-corrected chi connectivity index (χ4v) is 1.16. The standard InChI is InChI=1S/C10H13N3O2.ClH/c11-7-4-2-1-3-6(7)9(14)5-8(12)10(13)15;/h1-4,8H,5,11-12H2,(H2,13,15);1H/t8-;/m0./s1. The van der Waals surface area contributed by atoms with Crippen molar-refractivity contribution >= 4 is 29.8 Å². The number of carbonyl (C=O) groups is 2. The minimum absolute atomic E-state index is 0. The predicted molar refractivity (Wildman–Crippen MR) is 64.2 cm³/mol. The van der Waals surface area contributed by atoms with Crippen molar-refractivity contribution in [2.24, 2.45) is 11.5 Å². The van der Waals surface area contributed by atoms with E-state index in [-0.39, 0.29) is 24.6 Å². The molecule has 6 N–H and O–H groups in total. The molecular weight excluding hydrogens is 230 g/mol. The van der Waals surface area contributed by atoms with Crippen molar-refractivity contribution in [2.75, 3.05) is 5.73 Å². The summed E-state index contributed by atoms with van der Waals surface area (Å²) >= 11 is 0. The molecule has 0 saturated heterocycles. The molecule has 0 bridgehead atoms. The van der Waals surface area contributed by atoms with Gasteiger partial charge in [-0.3, -0.25) is 9.59 Å². The Labute approximate surface area is 99.4 Å². The van der Waals surface area contributed by atoms with Crippen molar-refractivity contribution in [2.45, 2.75) is 12.5 Å². The van der Waals surface area contributed by atoms with E-state index in [0.717, 1.165) is 0 Å². The highest BCUT2D eigenvalue weighted by Gasteiger charge is 2.17. The average molecular weight is 244 g/mol. The van der Waals surface area contributed by atoms with E-state index in [4.69, 9.17) is 17.2 Å². The summed E-state index contributed by atoms with van der Waals surface area (Å²) < 4.78 is 0. The van der Waals surface area contributed by atoms with Crippen molar-refractivity contribution in [1.29, 1.82) is 0 Å². The van der Waals surface area contributed by atoms with Crippen LogP contribution >= 0.6 is 12.4 Å². The van der Waals surface area contributed by atoms with Crippen LogP contribution in [0.1, 0.15) is 16.8 Å². The Morgan fingerprint density at radius 1 is 1.25 bits per heavy atom. The van der Waals surface area contributed by atoms with Crippen LogP contribution in [-0.2, 0) is 4.79 Å². The van der Waals surface area contributed by atoms with Gasteiger partial charge in [0.25, 0.3) is 0 Å². The van der Waals surface area contributed by atoms with Gasteiger partial charge in [-0.25, -0.2) is 0 Å². The molecule has 0 radical (unpaired) electrons. The van der Waals surface area contributed by atoms with Crippen molar-refractivity contribution in [3.05, 3.63) is 29.8 Å². The molecule has 5 nitrogen and oxygen atoms in total. The van der Waals surface area contributed by atoms with Crippen LogP contribution in [-0.4, -0.2) is 17.7 Å². The number of anilines is 1. The first-order valence-electron chi connectivity index (χ1n) is 4.45. The van der Waals surface area contributed by atoms with Gasteiger partial charge in [0, 0.05) is 17.7 Å². The normalized spacial score (nSPS) is 11.3. The van der Waals surface area contributed by atoms with E-state index in [2.05, 4.69) is 0 Å². The number of para-hydroxylation sites is 1. The summed E-state index contributed by atoms with van der Waals surface area (Å²) in [6, 6.07) is 5.66. The van der Waals surface area contributed by atoms with Crippen LogP contribution in [0.2, 0.25) is 0 Å². The van der Waals surface area contributed by atoms with Gasteiger partial charge in [-0.1, -0.05) is 12.1 Å². The highest BCUT2D eigenvalue weighted by Crippen LogP contribution is 2.13. The molecular formula is C10H14ClN3O2. The predicted octanol–water partition coefficient (Wildman–Crippen LogP) is 0.0760. The highest BCUT2D eigenvalue weighted by molar-refractivity contribution is 6.03. The van der Waals surface area contributed by atoms with Gasteiger partial charge in [0.05, 0.1) is 6.04 Å². The second kappa shape index (κ2) is 6.09. The molecule has 16 heavy (non-hydrogen) atoms. The molecule has 1 aromatic rings. The minimum Gasteiger partial charge on any atom is -0.398 e. The molecule has 0 aliphatic carbocycles. The molecule has 0 unspecified atom stereocenters. The lowest BCUT2D eigenvalue weighted by Crippen LogP contribution is -2.38. The molecule has 0 spiro atoms. The molecule has 0 aliphatic rings. The lowest BCUT2D eigenvalue weighted by Gasteiger charge is -2.07. The zero-order valence-electron chi connectivity index (χ0n) is 8.55. The van der Waals surface area contributed by atoms with Crippen molar-refractivity contribution < 1.29 is 9.59 Å². The van der Waals surface area contributed by atoms with E-state index < -0.39 is 11.9 Å². The number of hydrogen-bond donors (Lipinski definition) is 3. The van der Waals surface area contributed by atoms with Crippen LogP contribution in [0.25, 0.3) is 0 Å². The molecule has 1 rings (SSSR count). The van der Waals surface area contributed by atoms with Crippen LogP contribution in [0.4, 0.5) is 5.69 Å². The SMILES string of the molecule is Cl.NC(=O)[C@@H](N)CC(=O)c1ccccc1N. The Hall–Kier alpha value is -1.59. The first kappa shape index (κ1) is 14.4. The third kappa shape index (κ3) is 3.52. The van der Waals surface area contributed by atoms with Gasteiger partial charge < -0.3 is 17.2 Å². The van der Waals surface area contributed by atoms with Gasteiger partial charge in [-0.05, 0) is 12.1 Å². The van der Waals surface area contributed by atoms with Gasteiger partial charge in [-0.15, -0.1) is 12.4 Å². The van der Waals surface area contributed by atoms with E-state index in [9.17, 15) is 9.59 Å². The molecule has 0 saturated carbocycles. The van der Waals surface area contributed by atoms with Crippen LogP contribution in [0.15, 0.2) is 24.3 Å². The third-order valence-corrected chi connectivity index (χ3v) is 2.03. The number of amides is 1. The molecule has 0 aliphatic heterocycles. The van der Waals surface area contributed by atoms with Crippen molar-refractivity contribution in [3.8, 4) is 0 Å². The number of ketones is 1. The fourth-order valence-electron chi connectivity index (χ4n) is 1.16. The summed E-state index contributed by atoms with van der Waals surface area (Å²) in [6.45, 7) is 0. The maximum absolute atomic E-state index is 11.6. The molecule has 0 aromatic heterocycles. The maximum atomic E-state index is 11.6. The van der Waals surface area contributed by atoms with Gasteiger partial charge in [0.1, 0.15) is 0 Å². The van der Waals surface area contributed by atoms with Crippen molar-refractivity contribution in [3.63, 3.8) is 0 Å². The summed E-state index contributed by atoms with van der Waals surface area (Å²) in [4.78, 5) is 22.3. The first-order valence-corrected chi connectivity index (χ1v) is 4.45. The Kier molecular flexibility index (Phi) is 5.49. The first-order chi connectivity index (χ1) is 7.02. The smallest absolute Gasteiger partial charge is 0.234 e. The van der Waals surface area contributed by atoms with E-state index >= 15 is 0 Å². The van der Waals surface area contributed by atoms with Crippen LogP contribution in [0, 0.1) is 0 Å². The average Bonchev–Trinajstić information content (AvgIpc) is 2.18. The van der Waals surface area contributed by atoms with Crippen LogP contribution < -0.4 is 17.2 Å². The zero-order valence-corrected chi connectivity index (χ0v) is 9.37. The van der Waals surface area contributed by atoms with Gasteiger partial charge in [0.2, 0.25) is 5.91 Å². The lowest BCUT2D eigenvalue weighted by molar-refractivity contribution is -0.119. The number of primary amides is 1. The number of benzene rings is 1. The number of nitrogens with two attached hydrogens (primary N) is 3. The second-order valence-electron chi connectivity index (χ2n) is 3.22. The number of Topliss-reactive ketones (excluding diaryl/α,β-unsaturated/α-hetero) is 1. The molecule has 1 amide bonds. The number of rotatable bonds is 4. The Morgan fingerprint density at radius 2 is 1.81 bits per heavy atom. The Balaban J connectivity index is 0.00000225. The number of hydrogen-bond acceptors (Lipinski definition) is 4. The fraction of sp³-hybridized carbons (Fsp3) is 0.200. The van der Waals surface area contributed by atoms with Crippen LogP contribution in [0.5, 0.6) is 0 Å². The second-order valence-corrected chi connectivity index (χ2v) is 3.22. The van der Waals surface area contributed by atoms with E-state index in [1.54, 1.807) is 24.3 Å². The lowest BCUT2D eigenvalue weighted by atomic mass is 10.0. The molecule has 0 heterocycles. The van der Waals surface area contributed by atoms with Gasteiger partial charge in [0.15, 0.2) is 5.78 Å². The molecule has 0 fully saturated rings. The summed E-state index contributed by atoms with van der Waals surface area (Å²) in [6.07, 6.45) is -0.121. The molecule has 1 aromatic carbocycles. The van der Waals surface area contributed by atoms with E-state index in [1.165, 1.54) is 0 Å². The monoisotopic (exact) mass is 243 g/mol. The van der Waals surface area contributed by atoms with E-state index in [0.29, 0.717) is 11.3 Å².